The Morgan fingerprint density at radius 1 is 0.512 bits per heavy atom. The highest BCUT2D eigenvalue weighted by Crippen LogP contribution is 2.18. The molecule has 0 aliphatic rings. The van der Waals surface area contributed by atoms with Crippen molar-refractivity contribution in [3.05, 3.63) is 150 Å². The lowest BCUT2D eigenvalue weighted by atomic mass is 10.2. The van der Waals surface area contributed by atoms with Gasteiger partial charge < -0.3 is 14.4 Å². The number of hydrogen-bond acceptors (Lipinski definition) is 5. The lowest BCUT2D eigenvalue weighted by molar-refractivity contribution is 0.303. The molecule has 0 amide bonds. The number of anilines is 1. The summed E-state index contributed by atoms with van der Waals surface area (Å²) in [5, 5.41) is 0. The average Bonchev–Trinajstić information content (AvgIpc) is 3.05. The predicted octanol–water partition coefficient (Wildman–Crippen LogP) is 8.77. The van der Waals surface area contributed by atoms with Gasteiger partial charge in [-0.25, -0.2) is 0 Å². The van der Waals surface area contributed by atoms with E-state index in [4.69, 9.17) is 9.47 Å². The van der Waals surface area contributed by atoms with Gasteiger partial charge in [0, 0.05) is 18.1 Å². The Morgan fingerprint density at radius 2 is 0.930 bits per heavy atom. The highest BCUT2D eigenvalue weighted by atomic mass is 16.5. The molecule has 5 heteroatoms. The van der Waals surface area contributed by atoms with Crippen LogP contribution in [0.15, 0.2) is 137 Å². The third-order valence-corrected chi connectivity index (χ3v) is 6.93. The summed E-state index contributed by atoms with van der Waals surface area (Å²) in [6.07, 6.45) is 3.75. The van der Waals surface area contributed by atoms with E-state index in [-0.39, 0.29) is 0 Å². The quantitative estimate of drug-likeness (QED) is 0.134. The van der Waals surface area contributed by atoms with Crippen LogP contribution >= 0.6 is 0 Å². The Labute approximate surface area is 254 Å². The van der Waals surface area contributed by atoms with Gasteiger partial charge in [0.15, 0.2) is 0 Å². The summed E-state index contributed by atoms with van der Waals surface area (Å²) in [4.78, 5) is 11.4. The maximum Gasteiger partial charge on any atom is 0.119 e. The van der Waals surface area contributed by atoms with Gasteiger partial charge in [0.2, 0.25) is 0 Å². The highest BCUT2D eigenvalue weighted by Gasteiger charge is 2.07. The molecule has 0 unspecified atom stereocenters. The van der Waals surface area contributed by atoms with Crippen molar-refractivity contribution in [1.82, 2.24) is 0 Å². The number of rotatable bonds is 13. The van der Waals surface area contributed by atoms with E-state index in [9.17, 15) is 0 Å². The SMILES string of the molecule is Cc1ccc(N=Cc2ccc(OCCN(CCOc3ccc(C=Nc4ccc(C)cc4)cc3)c3ccccc3)cc2)cc1. The number of benzene rings is 5. The van der Waals surface area contributed by atoms with E-state index in [2.05, 4.69) is 77.3 Å². The van der Waals surface area contributed by atoms with Crippen molar-refractivity contribution in [3.63, 3.8) is 0 Å². The van der Waals surface area contributed by atoms with E-state index < -0.39 is 0 Å². The number of para-hydroxylation sites is 1. The number of aliphatic imine (C=N–C) groups is 2. The summed E-state index contributed by atoms with van der Waals surface area (Å²) < 4.78 is 12.2. The minimum Gasteiger partial charge on any atom is -0.492 e. The van der Waals surface area contributed by atoms with Crippen molar-refractivity contribution in [3.8, 4) is 11.5 Å². The zero-order chi connectivity index (χ0) is 29.7. The van der Waals surface area contributed by atoms with Crippen molar-refractivity contribution >= 4 is 29.5 Å². The van der Waals surface area contributed by atoms with Crippen molar-refractivity contribution in [2.75, 3.05) is 31.2 Å². The predicted molar refractivity (Wildman–Crippen MR) is 179 cm³/mol. The van der Waals surface area contributed by atoms with Gasteiger partial charge in [-0.05, 0) is 110 Å². The smallest absolute Gasteiger partial charge is 0.119 e. The molecular formula is C38H37N3O2. The van der Waals surface area contributed by atoms with Crippen molar-refractivity contribution in [2.24, 2.45) is 9.98 Å². The van der Waals surface area contributed by atoms with Gasteiger partial charge in [-0.3, -0.25) is 9.98 Å². The molecule has 0 N–H and O–H groups in total. The van der Waals surface area contributed by atoms with Crippen LogP contribution in [0.3, 0.4) is 0 Å². The van der Waals surface area contributed by atoms with Crippen LogP contribution in [0.4, 0.5) is 17.1 Å². The zero-order valence-corrected chi connectivity index (χ0v) is 24.8. The number of hydrogen-bond donors (Lipinski definition) is 0. The highest BCUT2D eigenvalue weighted by molar-refractivity contribution is 5.82. The Balaban J connectivity index is 1.10. The Hall–Kier alpha value is -5.16. The fraction of sp³-hybridized carbons (Fsp3) is 0.158. The van der Waals surface area contributed by atoms with Crippen LogP contribution < -0.4 is 14.4 Å². The molecule has 0 aliphatic heterocycles. The monoisotopic (exact) mass is 567 g/mol. The Morgan fingerprint density at radius 3 is 1.35 bits per heavy atom. The second-order valence-electron chi connectivity index (χ2n) is 10.3. The zero-order valence-electron chi connectivity index (χ0n) is 24.8. The largest absolute Gasteiger partial charge is 0.492 e. The van der Waals surface area contributed by atoms with Crippen LogP contribution in [-0.4, -0.2) is 38.7 Å². The third kappa shape index (κ3) is 9.44. The van der Waals surface area contributed by atoms with Gasteiger partial charge in [0.25, 0.3) is 0 Å². The standard InChI is InChI=1S/C38H37N3O2/c1-30-8-16-34(17-9-30)39-28-32-12-20-37(21-13-32)42-26-24-41(36-6-4-3-5-7-36)25-27-43-38-22-14-33(15-23-38)29-40-35-18-10-31(2)11-19-35/h3-23,28-29H,24-27H2,1-2H3. The topological polar surface area (TPSA) is 46.4 Å². The van der Waals surface area contributed by atoms with E-state index in [1.165, 1.54) is 11.1 Å². The van der Waals surface area contributed by atoms with Crippen LogP contribution in [-0.2, 0) is 0 Å². The van der Waals surface area contributed by atoms with Gasteiger partial charge in [-0.1, -0.05) is 53.6 Å². The first-order chi connectivity index (χ1) is 21.1. The van der Waals surface area contributed by atoms with Crippen LogP contribution in [0.1, 0.15) is 22.3 Å². The van der Waals surface area contributed by atoms with E-state index >= 15 is 0 Å². The Kier molecular flexibility index (Phi) is 10.4. The lowest BCUT2D eigenvalue weighted by Crippen LogP contribution is -2.32. The molecule has 0 saturated heterocycles. The molecular weight excluding hydrogens is 530 g/mol. The fourth-order valence-corrected chi connectivity index (χ4v) is 4.42. The first-order valence-electron chi connectivity index (χ1n) is 14.6. The van der Waals surface area contributed by atoms with Crippen LogP contribution in [0.5, 0.6) is 11.5 Å². The molecule has 0 atom stereocenters. The molecule has 0 spiro atoms. The molecule has 0 aliphatic carbocycles. The van der Waals surface area contributed by atoms with Gasteiger partial charge in [-0.2, -0.15) is 0 Å². The third-order valence-electron chi connectivity index (χ3n) is 6.93. The summed E-state index contributed by atoms with van der Waals surface area (Å²) in [6, 6.07) is 42.8. The molecule has 0 saturated carbocycles. The molecule has 5 rings (SSSR count). The van der Waals surface area contributed by atoms with Crippen LogP contribution in [0, 0.1) is 13.8 Å². The van der Waals surface area contributed by atoms with Crippen LogP contribution in [0.25, 0.3) is 0 Å². The second kappa shape index (κ2) is 15.2. The molecule has 5 aromatic carbocycles. The number of aryl methyl sites for hydroxylation is 2. The normalized spacial score (nSPS) is 11.2. The first-order valence-corrected chi connectivity index (χ1v) is 14.6. The van der Waals surface area contributed by atoms with E-state index in [0.717, 1.165) is 52.8 Å². The second-order valence-corrected chi connectivity index (χ2v) is 10.3. The maximum absolute atomic E-state index is 6.09. The van der Waals surface area contributed by atoms with Crippen molar-refractivity contribution in [2.45, 2.75) is 13.8 Å². The Bertz CT molecular complexity index is 1490. The summed E-state index contributed by atoms with van der Waals surface area (Å²) >= 11 is 0. The van der Waals surface area contributed by atoms with E-state index in [1.807, 2.05) is 91.3 Å². The molecule has 0 radical (unpaired) electrons. The summed E-state index contributed by atoms with van der Waals surface area (Å²) in [7, 11) is 0. The summed E-state index contributed by atoms with van der Waals surface area (Å²) in [5.41, 5.74) is 7.53. The molecule has 5 aromatic rings. The molecule has 0 heterocycles. The minimum atomic E-state index is 0.556. The van der Waals surface area contributed by atoms with Crippen LogP contribution in [0.2, 0.25) is 0 Å². The molecule has 5 nitrogen and oxygen atoms in total. The molecule has 216 valence electrons. The fourth-order valence-electron chi connectivity index (χ4n) is 4.42. The van der Waals surface area contributed by atoms with Gasteiger partial charge in [-0.15, -0.1) is 0 Å². The van der Waals surface area contributed by atoms with E-state index in [0.29, 0.717) is 13.2 Å². The number of ether oxygens (including phenoxy) is 2. The van der Waals surface area contributed by atoms with Gasteiger partial charge in [0.05, 0.1) is 24.5 Å². The molecule has 0 bridgehead atoms. The number of nitrogens with zero attached hydrogens (tertiary/aromatic N) is 3. The average molecular weight is 568 g/mol. The van der Waals surface area contributed by atoms with Gasteiger partial charge >= 0.3 is 0 Å². The molecule has 43 heavy (non-hydrogen) atoms. The summed E-state index contributed by atoms with van der Waals surface area (Å²) in [6.45, 7) is 6.73. The van der Waals surface area contributed by atoms with Gasteiger partial charge in [0.1, 0.15) is 24.7 Å². The first kappa shape index (κ1) is 29.3. The maximum atomic E-state index is 6.09. The molecule has 0 fully saturated rings. The lowest BCUT2D eigenvalue weighted by Gasteiger charge is -2.25. The minimum absolute atomic E-state index is 0.556. The molecule has 0 aromatic heterocycles. The van der Waals surface area contributed by atoms with Crippen molar-refractivity contribution in [1.29, 1.82) is 0 Å². The summed E-state index contributed by atoms with van der Waals surface area (Å²) in [5.74, 6) is 1.67. The van der Waals surface area contributed by atoms with E-state index in [1.54, 1.807) is 0 Å². The van der Waals surface area contributed by atoms with Crippen molar-refractivity contribution < 1.29 is 9.47 Å².